The molecule has 0 aliphatic rings. The fraction of sp³-hybridized carbons (Fsp3) is 0.250. The van der Waals surface area contributed by atoms with Crippen LogP contribution in [0, 0.1) is 12.7 Å². The van der Waals surface area contributed by atoms with E-state index in [1.807, 2.05) is 0 Å². The van der Waals surface area contributed by atoms with Crippen LogP contribution in [0.1, 0.15) is 12.7 Å². The van der Waals surface area contributed by atoms with Gasteiger partial charge in [0.2, 0.25) is 11.1 Å². The summed E-state index contributed by atoms with van der Waals surface area (Å²) in [5.74, 6) is 5.51. The van der Waals surface area contributed by atoms with E-state index in [1.165, 1.54) is 16.8 Å². The third-order valence-corrected chi connectivity index (χ3v) is 4.04. The van der Waals surface area contributed by atoms with E-state index in [2.05, 4.69) is 15.5 Å². The number of carbonyl (C=O) groups is 1. The molecule has 0 saturated heterocycles. The maximum atomic E-state index is 12.9. The number of anilines is 1. The van der Waals surface area contributed by atoms with Crippen LogP contribution in [0.15, 0.2) is 23.4 Å². The average Bonchev–Trinajstić information content (AvgIpc) is 2.73. The Labute approximate surface area is 129 Å². The topological polar surface area (TPSA) is 85.8 Å². The molecule has 0 bridgehead atoms. The Morgan fingerprint density at radius 3 is 2.81 bits per heavy atom. The van der Waals surface area contributed by atoms with Crippen LogP contribution in [0.3, 0.4) is 0 Å². The Bertz CT molecular complexity index is 678. The predicted molar refractivity (Wildman–Crippen MR) is 80.3 cm³/mol. The van der Waals surface area contributed by atoms with Gasteiger partial charge in [0.1, 0.15) is 11.6 Å². The van der Waals surface area contributed by atoms with Crippen molar-refractivity contribution in [3.8, 4) is 0 Å². The normalized spacial score (nSPS) is 12.2. The quantitative estimate of drug-likeness (QED) is 0.663. The molecule has 0 unspecified atom stereocenters. The molecule has 1 aromatic heterocycles. The van der Waals surface area contributed by atoms with Crippen LogP contribution in [-0.2, 0) is 4.79 Å². The number of carbonyl (C=O) groups excluding carboxylic acids is 1. The van der Waals surface area contributed by atoms with Crippen LogP contribution in [0.5, 0.6) is 0 Å². The molecule has 3 N–H and O–H groups in total. The van der Waals surface area contributed by atoms with Crippen LogP contribution in [0.4, 0.5) is 10.1 Å². The first-order valence-electron chi connectivity index (χ1n) is 5.98. The highest BCUT2D eigenvalue weighted by atomic mass is 35.5. The number of rotatable bonds is 4. The molecule has 0 aliphatic carbocycles. The molecule has 0 aliphatic heterocycles. The molecule has 21 heavy (non-hydrogen) atoms. The van der Waals surface area contributed by atoms with Gasteiger partial charge in [0.05, 0.1) is 16.0 Å². The monoisotopic (exact) mass is 329 g/mol. The Hall–Kier alpha value is -1.80. The standard InChI is InChI=1S/C12H13ClFN5OS/c1-6(21-12-18-17-7(2)19(12)15)11(20)16-10-4-3-8(14)5-9(10)13/h3-6H,15H2,1-2H3,(H,16,20)/t6-/m1/s1. The van der Waals surface area contributed by atoms with E-state index in [0.717, 1.165) is 17.8 Å². The van der Waals surface area contributed by atoms with Crippen molar-refractivity contribution in [2.45, 2.75) is 24.3 Å². The molecule has 0 saturated carbocycles. The van der Waals surface area contributed by atoms with Gasteiger partial charge in [0.15, 0.2) is 0 Å². The number of nitrogens with one attached hydrogen (secondary N) is 1. The van der Waals surface area contributed by atoms with E-state index >= 15 is 0 Å². The van der Waals surface area contributed by atoms with Gasteiger partial charge in [-0.15, -0.1) is 10.2 Å². The van der Waals surface area contributed by atoms with Crippen molar-refractivity contribution in [1.82, 2.24) is 14.9 Å². The van der Waals surface area contributed by atoms with Crippen molar-refractivity contribution in [2.75, 3.05) is 11.2 Å². The lowest BCUT2D eigenvalue weighted by atomic mass is 10.3. The van der Waals surface area contributed by atoms with E-state index in [9.17, 15) is 9.18 Å². The first kappa shape index (κ1) is 15.6. The van der Waals surface area contributed by atoms with Gasteiger partial charge in [-0.25, -0.2) is 9.07 Å². The van der Waals surface area contributed by atoms with Gasteiger partial charge in [0.25, 0.3) is 0 Å². The number of thioether (sulfide) groups is 1. The lowest BCUT2D eigenvalue weighted by molar-refractivity contribution is -0.115. The van der Waals surface area contributed by atoms with Gasteiger partial charge in [-0.1, -0.05) is 23.4 Å². The van der Waals surface area contributed by atoms with Crippen molar-refractivity contribution >= 4 is 35.0 Å². The fourth-order valence-corrected chi connectivity index (χ4v) is 2.50. The number of nitrogens with two attached hydrogens (primary N) is 1. The van der Waals surface area contributed by atoms with E-state index in [0.29, 0.717) is 16.7 Å². The summed E-state index contributed by atoms with van der Waals surface area (Å²) in [6, 6.07) is 3.76. The summed E-state index contributed by atoms with van der Waals surface area (Å²) in [4.78, 5) is 12.1. The minimum absolute atomic E-state index is 0.137. The number of aromatic nitrogens is 3. The lowest BCUT2D eigenvalue weighted by Crippen LogP contribution is -2.23. The maximum absolute atomic E-state index is 12.9. The van der Waals surface area contributed by atoms with Gasteiger partial charge >= 0.3 is 0 Å². The number of hydrogen-bond acceptors (Lipinski definition) is 5. The van der Waals surface area contributed by atoms with Crippen molar-refractivity contribution < 1.29 is 9.18 Å². The second kappa shape index (κ2) is 6.31. The predicted octanol–water partition coefficient (Wildman–Crippen LogP) is 2.21. The zero-order valence-corrected chi connectivity index (χ0v) is 12.9. The van der Waals surface area contributed by atoms with Crippen molar-refractivity contribution in [2.24, 2.45) is 0 Å². The Balaban J connectivity index is 2.04. The van der Waals surface area contributed by atoms with E-state index < -0.39 is 11.1 Å². The first-order valence-corrected chi connectivity index (χ1v) is 7.24. The van der Waals surface area contributed by atoms with E-state index in [1.54, 1.807) is 13.8 Å². The molecule has 1 aromatic carbocycles. The molecular formula is C12H13ClFN5OS. The summed E-state index contributed by atoms with van der Waals surface area (Å²) in [6.07, 6.45) is 0. The van der Waals surface area contributed by atoms with Crippen LogP contribution < -0.4 is 11.2 Å². The lowest BCUT2D eigenvalue weighted by Gasteiger charge is -2.12. The molecule has 1 amide bonds. The van der Waals surface area contributed by atoms with Crippen molar-refractivity contribution in [3.63, 3.8) is 0 Å². The SMILES string of the molecule is Cc1nnc(S[C@H](C)C(=O)Nc2ccc(F)cc2Cl)n1N. The highest BCUT2D eigenvalue weighted by molar-refractivity contribution is 8.00. The van der Waals surface area contributed by atoms with Gasteiger partial charge in [-0.2, -0.15) is 0 Å². The first-order chi connectivity index (χ1) is 9.88. The molecule has 112 valence electrons. The Kier molecular flexibility index (Phi) is 4.69. The summed E-state index contributed by atoms with van der Waals surface area (Å²) in [5.41, 5.74) is 0.348. The van der Waals surface area contributed by atoms with Crippen LogP contribution in [0.2, 0.25) is 5.02 Å². The summed E-state index contributed by atoms with van der Waals surface area (Å²) < 4.78 is 14.2. The van der Waals surface area contributed by atoms with Crippen LogP contribution in [0.25, 0.3) is 0 Å². The van der Waals surface area contributed by atoms with Gasteiger partial charge in [-0.05, 0) is 32.0 Å². The number of nitrogen functional groups attached to an aromatic ring is 1. The van der Waals surface area contributed by atoms with Crippen LogP contribution in [-0.4, -0.2) is 26.0 Å². The molecule has 0 fully saturated rings. The zero-order valence-electron chi connectivity index (χ0n) is 11.3. The Morgan fingerprint density at radius 2 is 2.24 bits per heavy atom. The summed E-state index contributed by atoms with van der Waals surface area (Å²) in [7, 11) is 0. The second-order valence-electron chi connectivity index (χ2n) is 4.27. The molecule has 0 spiro atoms. The minimum atomic E-state index is -0.475. The third kappa shape index (κ3) is 3.64. The molecule has 2 aromatic rings. The highest BCUT2D eigenvalue weighted by Crippen LogP contribution is 2.25. The number of amides is 1. The highest BCUT2D eigenvalue weighted by Gasteiger charge is 2.19. The summed E-state index contributed by atoms with van der Waals surface area (Å²) in [6.45, 7) is 3.40. The number of halogens is 2. The molecule has 1 heterocycles. The average molecular weight is 330 g/mol. The van der Waals surface area contributed by atoms with Gasteiger partial charge < -0.3 is 11.2 Å². The molecule has 0 radical (unpaired) electrons. The van der Waals surface area contributed by atoms with Crippen molar-refractivity contribution in [1.29, 1.82) is 0 Å². The van der Waals surface area contributed by atoms with Crippen molar-refractivity contribution in [3.05, 3.63) is 34.9 Å². The van der Waals surface area contributed by atoms with Gasteiger partial charge in [0, 0.05) is 0 Å². The number of hydrogen-bond donors (Lipinski definition) is 2. The summed E-state index contributed by atoms with van der Waals surface area (Å²) >= 11 is 7.02. The number of nitrogens with zero attached hydrogens (tertiary/aromatic N) is 3. The zero-order chi connectivity index (χ0) is 15.6. The number of benzene rings is 1. The number of aryl methyl sites for hydroxylation is 1. The Morgan fingerprint density at radius 1 is 1.52 bits per heavy atom. The summed E-state index contributed by atoms with van der Waals surface area (Å²) in [5, 5.41) is 10.4. The fourth-order valence-electron chi connectivity index (χ4n) is 1.47. The molecule has 1 atom stereocenters. The smallest absolute Gasteiger partial charge is 0.237 e. The van der Waals surface area contributed by atoms with E-state index in [-0.39, 0.29) is 10.9 Å². The molecule has 6 nitrogen and oxygen atoms in total. The molecular weight excluding hydrogens is 317 g/mol. The molecule has 2 rings (SSSR count). The van der Waals surface area contributed by atoms with Crippen LogP contribution >= 0.6 is 23.4 Å². The third-order valence-electron chi connectivity index (χ3n) is 2.68. The second-order valence-corrected chi connectivity index (χ2v) is 5.99. The largest absolute Gasteiger partial charge is 0.336 e. The minimum Gasteiger partial charge on any atom is -0.336 e. The maximum Gasteiger partial charge on any atom is 0.237 e. The molecule has 9 heteroatoms. The van der Waals surface area contributed by atoms with Gasteiger partial charge in [-0.3, -0.25) is 4.79 Å². The van der Waals surface area contributed by atoms with E-state index in [4.69, 9.17) is 17.4 Å².